The first-order chi connectivity index (χ1) is 18.2. The van der Waals surface area contributed by atoms with E-state index in [4.69, 9.17) is 36.1 Å². The number of aliphatic hydroxyl groups is 1. The SMILES string of the molecule is CC(C)OC(=O)[C@H](C)NP(=S)(OC[C@]1(C(F)F)C[C@@H](O)[C@H](F)[C@H](n2ccc(N)nc2=O)O1)Oc1ccccc1. The lowest BCUT2D eigenvalue weighted by molar-refractivity contribution is -0.272. The minimum atomic E-state index is -3.79. The van der Waals surface area contributed by atoms with Crippen LogP contribution < -0.4 is 21.0 Å². The summed E-state index contributed by atoms with van der Waals surface area (Å²) < 4.78 is 66.8. The number of nitrogens with one attached hydrogen (secondary N) is 1. The summed E-state index contributed by atoms with van der Waals surface area (Å²) in [4.78, 5) is 28.2. The third kappa shape index (κ3) is 7.77. The maximum Gasteiger partial charge on any atom is 0.351 e. The van der Waals surface area contributed by atoms with E-state index >= 15 is 0 Å². The zero-order valence-electron chi connectivity index (χ0n) is 21.3. The van der Waals surface area contributed by atoms with E-state index in [0.29, 0.717) is 4.57 Å². The van der Waals surface area contributed by atoms with Crippen LogP contribution >= 0.6 is 6.64 Å². The van der Waals surface area contributed by atoms with Crippen molar-refractivity contribution in [2.24, 2.45) is 0 Å². The molecule has 2 aromatic rings. The van der Waals surface area contributed by atoms with Crippen molar-refractivity contribution in [2.45, 2.75) is 69.9 Å². The fourth-order valence-electron chi connectivity index (χ4n) is 3.67. The second-order valence-corrected chi connectivity index (χ2v) is 12.3. The number of alkyl halides is 3. The Morgan fingerprint density at radius 3 is 2.59 bits per heavy atom. The number of rotatable bonds is 11. The Balaban J connectivity index is 1.91. The van der Waals surface area contributed by atoms with Crippen LogP contribution in [0.4, 0.5) is 19.0 Å². The van der Waals surface area contributed by atoms with E-state index < -0.39 is 74.0 Å². The average Bonchev–Trinajstić information content (AvgIpc) is 2.85. The maximum atomic E-state index is 15.0. The number of hydrogen-bond donors (Lipinski definition) is 3. The predicted molar refractivity (Wildman–Crippen MR) is 138 cm³/mol. The number of para-hydroxylation sites is 1. The zero-order chi connectivity index (χ0) is 29.0. The molecule has 2 heterocycles. The Kier molecular flexibility index (Phi) is 10.1. The van der Waals surface area contributed by atoms with Gasteiger partial charge in [-0.3, -0.25) is 9.36 Å². The molecule has 6 atom stereocenters. The van der Waals surface area contributed by atoms with Gasteiger partial charge < -0.3 is 29.4 Å². The number of nitrogen functional groups attached to an aromatic ring is 1. The van der Waals surface area contributed by atoms with Gasteiger partial charge >= 0.3 is 18.3 Å². The lowest BCUT2D eigenvalue weighted by Crippen LogP contribution is -2.58. The Morgan fingerprint density at radius 1 is 1.33 bits per heavy atom. The molecule has 1 unspecified atom stereocenters. The van der Waals surface area contributed by atoms with Gasteiger partial charge in [0.2, 0.25) is 0 Å². The van der Waals surface area contributed by atoms with Gasteiger partial charge in [0, 0.05) is 12.6 Å². The van der Waals surface area contributed by atoms with Crippen molar-refractivity contribution in [3.63, 3.8) is 0 Å². The Labute approximate surface area is 227 Å². The number of hydrogen-bond acceptors (Lipinski definition) is 10. The molecule has 39 heavy (non-hydrogen) atoms. The molecule has 1 aliphatic rings. The van der Waals surface area contributed by atoms with Crippen molar-refractivity contribution in [1.82, 2.24) is 14.6 Å². The van der Waals surface area contributed by atoms with Crippen LogP contribution in [0.3, 0.4) is 0 Å². The van der Waals surface area contributed by atoms with Gasteiger partial charge in [0.15, 0.2) is 18.0 Å². The molecule has 0 amide bonds. The lowest BCUT2D eigenvalue weighted by atomic mass is 9.91. The van der Waals surface area contributed by atoms with Crippen molar-refractivity contribution in [3.05, 3.63) is 53.1 Å². The summed E-state index contributed by atoms with van der Waals surface area (Å²) in [5, 5.41) is 13.1. The van der Waals surface area contributed by atoms with Gasteiger partial charge in [0.05, 0.1) is 18.8 Å². The van der Waals surface area contributed by atoms with Gasteiger partial charge in [-0.2, -0.15) is 4.98 Å². The molecule has 16 heteroatoms. The van der Waals surface area contributed by atoms with Crippen LogP contribution in [0.5, 0.6) is 5.75 Å². The largest absolute Gasteiger partial charge is 0.462 e. The number of aliphatic hydroxyl groups excluding tert-OH is 1. The van der Waals surface area contributed by atoms with E-state index in [1.807, 2.05) is 0 Å². The van der Waals surface area contributed by atoms with E-state index in [1.165, 1.54) is 19.1 Å². The van der Waals surface area contributed by atoms with Crippen molar-refractivity contribution in [1.29, 1.82) is 0 Å². The number of carbonyl (C=O) groups excluding carboxylic acids is 1. The highest BCUT2D eigenvalue weighted by Crippen LogP contribution is 2.49. The van der Waals surface area contributed by atoms with Crippen LogP contribution in [0, 0.1) is 0 Å². The van der Waals surface area contributed by atoms with Gasteiger partial charge in [-0.25, -0.2) is 23.1 Å². The second-order valence-electron chi connectivity index (χ2n) is 9.14. The molecular formula is C23H30F3N4O7PS. The van der Waals surface area contributed by atoms with Gasteiger partial charge in [-0.15, -0.1) is 0 Å². The molecule has 1 fully saturated rings. The number of nitrogens with zero attached hydrogens (tertiary/aromatic N) is 2. The molecule has 0 saturated carbocycles. The number of aromatic nitrogens is 2. The molecule has 4 N–H and O–H groups in total. The standard InChI is InChI=1S/C23H30F3N4O7PS/c1-13(2)35-20(32)14(3)29-38(39,37-15-7-5-4-6-8-15)34-12-23(21(25)26)11-16(31)18(24)19(36-23)30-10-9-17(27)28-22(30)33/h4-10,13-14,16,18-19,21,31H,11-12H2,1-3H3,(H,29,39)(H2,27,28,33)/t14-,16+,18-,19+,23-,38?/m0/s1. The van der Waals surface area contributed by atoms with Crippen LogP contribution in [0.2, 0.25) is 0 Å². The quantitative estimate of drug-likeness (QED) is 0.261. The number of nitrogens with two attached hydrogens (primary N) is 1. The van der Waals surface area contributed by atoms with Crippen molar-refractivity contribution >= 4 is 30.2 Å². The highest BCUT2D eigenvalue weighted by molar-refractivity contribution is 8.09. The van der Waals surface area contributed by atoms with E-state index in [1.54, 1.807) is 32.0 Å². The first kappa shape index (κ1) is 31.0. The molecule has 0 aliphatic carbocycles. The highest BCUT2D eigenvalue weighted by Gasteiger charge is 2.54. The minimum absolute atomic E-state index is 0.179. The maximum absolute atomic E-state index is 15.0. The van der Waals surface area contributed by atoms with Gasteiger partial charge in [0.1, 0.15) is 17.6 Å². The summed E-state index contributed by atoms with van der Waals surface area (Å²) in [5.41, 5.74) is 1.76. The Morgan fingerprint density at radius 2 is 2.00 bits per heavy atom. The van der Waals surface area contributed by atoms with Crippen LogP contribution in [0.25, 0.3) is 0 Å². The normalized spacial score (nSPS) is 25.7. The first-order valence-electron chi connectivity index (χ1n) is 11.9. The molecule has 3 rings (SSSR count). The predicted octanol–water partition coefficient (Wildman–Crippen LogP) is 2.70. The van der Waals surface area contributed by atoms with Crippen molar-refractivity contribution in [2.75, 3.05) is 12.3 Å². The fourth-order valence-corrected chi connectivity index (χ4v) is 6.10. The van der Waals surface area contributed by atoms with Gasteiger partial charge in [0.25, 0.3) is 6.43 Å². The molecule has 216 valence electrons. The second kappa shape index (κ2) is 12.7. The van der Waals surface area contributed by atoms with Crippen LogP contribution in [0.15, 0.2) is 47.4 Å². The third-order valence-corrected chi connectivity index (χ3v) is 8.06. The van der Waals surface area contributed by atoms with E-state index in [2.05, 4.69) is 10.1 Å². The summed E-state index contributed by atoms with van der Waals surface area (Å²) in [5.74, 6) is -0.654. The Bertz CT molecular complexity index is 1240. The lowest BCUT2D eigenvalue weighted by Gasteiger charge is -2.44. The summed E-state index contributed by atoms with van der Waals surface area (Å²) in [6, 6.07) is 8.14. The van der Waals surface area contributed by atoms with Gasteiger partial charge in [-0.1, -0.05) is 18.2 Å². The molecule has 1 aromatic heterocycles. The molecule has 1 aliphatic heterocycles. The molecule has 0 spiro atoms. The molecule has 1 saturated heterocycles. The number of benzene rings is 1. The number of carbonyl (C=O) groups is 1. The van der Waals surface area contributed by atoms with Crippen LogP contribution in [-0.4, -0.2) is 63.7 Å². The summed E-state index contributed by atoms with van der Waals surface area (Å²) in [7, 11) is 0. The van der Waals surface area contributed by atoms with E-state index in [0.717, 1.165) is 12.3 Å². The number of halogens is 3. The summed E-state index contributed by atoms with van der Waals surface area (Å²) in [6.07, 6.45) is -9.85. The monoisotopic (exact) mass is 594 g/mol. The molecule has 11 nitrogen and oxygen atoms in total. The molecular weight excluding hydrogens is 564 g/mol. The highest BCUT2D eigenvalue weighted by atomic mass is 32.5. The number of esters is 1. The molecule has 0 bridgehead atoms. The zero-order valence-corrected chi connectivity index (χ0v) is 23.0. The molecule has 1 aromatic carbocycles. The van der Waals surface area contributed by atoms with Gasteiger partial charge in [-0.05, 0) is 50.8 Å². The van der Waals surface area contributed by atoms with Crippen LogP contribution in [-0.2, 0) is 30.6 Å². The van der Waals surface area contributed by atoms with E-state index in [-0.39, 0.29) is 11.6 Å². The number of anilines is 1. The van der Waals surface area contributed by atoms with Crippen LogP contribution in [0.1, 0.15) is 33.4 Å². The molecule has 0 radical (unpaired) electrons. The summed E-state index contributed by atoms with van der Waals surface area (Å²) in [6.45, 7) is -0.0666. The third-order valence-electron chi connectivity index (χ3n) is 5.58. The number of ether oxygens (including phenoxy) is 2. The topological polar surface area (TPSA) is 147 Å². The smallest absolute Gasteiger partial charge is 0.351 e. The minimum Gasteiger partial charge on any atom is -0.462 e. The van der Waals surface area contributed by atoms with E-state index in [9.17, 15) is 27.9 Å². The average molecular weight is 595 g/mol. The van der Waals surface area contributed by atoms with Crippen molar-refractivity contribution in [3.8, 4) is 5.75 Å². The summed E-state index contributed by atoms with van der Waals surface area (Å²) >= 11 is 5.54. The first-order valence-corrected chi connectivity index (χ1v) is 14.5. The Hall–Kier alpha value is -2.55. The fraction of sp³-hybridized carbons (Fsp3) is 0.522. The van der Waals surface area contributed by atoms with Crippen molar-refractivity contribution < 1.29 is 41.6 Å².